The minimum atomic E-state index is 0.000794. The van der Waals surface area contributed by atoms with Gasteiger partial charge in [0.25, 0.3) is 5.91 Å². The van der Waals surface area contributed by atoms with Gasteiger partial charge >= 0.3 is 0 Å². The summed E-state index contributed by atoms with van der Waals surface area (Å²) in [5, 5.41) is 14.0. The van der Waals surface area contributed by atoms with Crippen LogP contribution in [-0.4, -0.2) is 41.0 Å². The third kappa shape index (κ3) is 4.91. The third-order valence-electron chi connectivity index (χ3n) is 5.65. The molecule has 0 spiro atoms. The van der Waals surface area contributed by atoms with E-state index in [9.17, 15) is 10.0 Å². The summed E-state index contributed by atoms with van der Waals surface area (Å²) in [6.45, 7) is 3.08. The number of nitrogens with one attached hydrogen (secondary N) is 1. The summed E-state index contributed by atoms with van der Waals surface area (Å²) in [6, 6.07) is 11.7. The van der Waals surface area contributed by atoms with E-state index in [-0.39, 0.29) is 11.0 Å². The van der Waals surface area contributed by atoms with Gasteiger partial charge < -0.3 is 19.7 Å². The number of rotatable bonds is 8. The quantitative estimate of drug-likeness (QED) is 0.510. The summed E-state index contributed by atoms with van der Waals surface area (Å²) in [5.41, 5.74) is 3.73. The topological polar surface area (TPSA) is 65.6 Å². The van der Waals surface area contributed by atoms with Gasteiger partial charge in [0, 0.05) is 49.2 Å². The maximum absolute atomic E-state index is 12.7. The molecular weight excluding hydrogens is 444 g/mol. The maximum atomic E-state index is 12.7. The molecule has 3 rings (SSSR count). The molecule has 160 valence electrons. The minimum absolute atomic E-state index is 0.000794. The summed E-state index contributed by atoms with van der Waals surface area (Å²) in [4.78, 5) is 18.1. The molecule has 1 aromatic carbocycles. The van der Waals surface area contributed by atoms with Crippen molar-refractivity contribution in [2.45, 2.75) is 32.2 Å². The highest BCUT2D eigenvalue weighted by molar-refractivity contribution is 9.10. The molecule has 1 amide bonds. The number of quaternary nitrogens is 1. The van der Waals surface area contributed by atoms with E-state index in [1.807, 2.05) is 48.0 Å². The molecule has 6 nitrogen and oxygen atoms in total. The van der Waals surface area contributed by atoms with Crippen molar-refractivity contribution in [3.8, 4) is 0 Å². The number of fused-ring (bicyclic) bond motifs is 1. The number of hydrogen-bond donors (Lipinski definition) is 1. The number of hydroxylamine groups is 2. The Morgan fingerprint density at radius 2 is 1.97 bits per heavy atom. The average Bonchev–Trinajstić information content (AvgIpc) is 3.05. The smallest absolute Gasteiger partial charge is 0.253 e. The van der Waals surface area contributed by atoms with E-state index in [2.05, 4.69) is 27.8 Å². The molecule has 1 N–H and O–H groups in total. The zero-order valence-corrected chi connectivity index (χ0v) is 19.6. The van der Waals surface area contributed by atoms with E-state index in [0.717, 1.165) is 34.0 Å². The molecule has 2 aromatic heterocycles. The van der Waals surface area contributed by atoms with Crippen LogP contribution >= 0.6 is 15.9 Å². The molecule has 2 unspecified atom stereocenters. The van der Waals surface area contributed by atoms with Crippen LogP contribution in [0.3, 0.4) is 0 Å². The Morgan fingerprint density at radius 1 is 1.27 bits per heavy atom. The molecule has 0 fully saturated rings. The highest BCUT2D eigenvalue weighted by Crippen LogP contribution is 2.25. The molecule has 0 aliphatic heterocycles. The summed E-state index contributed by atoms with van der Waals surface area (Å²) in [7, 11) is 5.46. The van der Waals surface area contributed by atoms with Gasteiger partial charge in [-0.05, 0) is 58.1 Å². The number of pyridine rings is 1. The lowest BCUT2D eigenvalue weighted by Crippen LogP contribution is -3.05. The molecule has 2 heterocycles. The van der Waals surface area contributed by atoms with Crippen LogP contribution < -0.4 is 5.06 Å². The zero-order chi connectivity index (χ0) is 21.8. The lowest BCUT2D eigenvalue weighted by molar-refractivity contribution is -0.863. The van der Waals surface area contributed by atoms with E-state index >= 15 is 0 Å². The van der Waals surface area contributed by atoms with Crippen molar-refractivity contribution in [2.75, 3.05) is 20.6 Å². The van der Waals surface area contributed by atoms with Gasteiger partial charge in [-0.1, -0.05) is 19.1 Å². The van der Waals surface area contributed by atoms with Gasteiger partial charge in [0.1, 0.15) is 12.2 Å². The summed E-state index contributed by atoms with van der Waals surface area (Å²) in [5.74, 6) is 0.307. The molecule has 0 aliphatic rings. The molecule has 3 aromatic rings. The number of amides is 1. The number of carbonyl (C=O) groups is 1. The van der Waals surface area contributed by atoms with Crippen molar-refractivity contribution < 1.29 is 9.86 Å². The number of hydrogen-bond acceptors (Lipinski definition) is 3. The summed E-state index contributed by atoms with van der Waals surface area (Å²) in [6.07, 6.45) is 3.53. The average molecular weight is 473 g/mol. The van der Waals surface area contributed by atoms with Crippen molar-refractivity contribution in [1.29, 1.82) is 0 Å². The van der Waals surface area contributed by atoms with E-state index in [1.54, 1.807) is 25.2 Å². The van der Waals surface area contributed by atoms with Crippen LogP contribution in [0.5, 0.6) is 0 Å². The Labute approximate surface area is 186 Å². The van der Waals surface area contributed by atoms with Crippen molar-refractivity contribution in [3.05, 3.63) is 69.1 Å². The summed E-state index contributed by atoms with van der Waals surface area (Å²) >= 11 is 3.56. The van der Waals surface area contributed by atoms with Gasteiger partial charge in [-0.3, -0.25) is 4.79 Å². The monoisotopic (exact) mass is 472 g/mol. The molecule has 0 aliphatic carbocycles. The number of carbonyl (C=O) groups excluding carboxylic acids is 1. The van der Waals surface area contributed by atoms with E-state index in [0.29, 0.717) is 24.6 Å². The Morgan fingerprint density at radius 3 is 2.57 bits per heavy atom. The van der Waals surface area contributed by atoms with Crippen LogP contribution in [0.2, 0.25) is 0 Å². The van der Waals surface area contributed by atoms with Crippen LogP contribution in [0.25, 0.3) is 11.0 Å². The van der Waals surface area contributed by atoms with Crippen molar-refractivity contribution in [2.24, 2.45) is 7.05 Å². The third-order valence-corrected chi connectivity index (χ3v) is 6.34. The van der Waals surface area contributed by atoms with Crippen molar-refractivity contribution in [3.63, 3.8) is 0 Å². The van der Waals surface area contributed by atoms with E-state index in [4.69, 9.17) is 0 Å². The van der Waals surface area contributed by atoms with E-state index in [1.165, 1.54) is 5.56 Å². The molecular formula is C23H29BrN4O2. The van der Waals surface area contributed by atoms with E-state index < -0.39 is 0 Å². The number of nitrogens with zero attached hydrogens (tertiary/aromatic N) is 3. The lowest BCUT2D eigenvalue weighted by Gasteiger charge is -2.25. The summed E-state index contributed by atoms with van der Waals surface area (Å²) < 4.78 is 2.99. The van der Waals surface area contributed by atoms with Crippen LogP contribution in [0.4, 0.5) is 0 Å². The van der Waals surface area contributed by atoms with Crippen molar-refractivity contribution >= 4 is 32.9 Å². The number of aromatic nitrogens is 2. The van der Waals surface area contributed by atoms with Crippen LogP contribution in [0.1, 0.15) is 47.3 Å². The maximum Gasteiger partial charge on any atom is 0.253 e. The van der Waals surface area contributed by atoms with Gasteiger partial charge in [-0.25, -0.2) is 4.98 Å². The Hall–Kier alpha value is -2.22. The molecule has 2 atom stereocenters. The van der Waals surface area contributed by atoms with Crippen molar-refractivity contribution in [1.82, 2.24) is 14.5 Å². The largest absolute Gasteiger partial charge is 0.634 e. The van der Waals surface area contributed by atoms with Gasteiger partial charge in [0.15, 0.2) is 0 Å². The first-order valence-corrected chi connectivity index (χ1v) is 11.0. The standard InChI is InChI=1S/C23H29BrN4O2/c1-5-16(17-6-8-18(9-7-17)23(29)26(2)3)11-13-28(30)15-19-14-20-21(24)10-12-25-22(20)27(19)4/h6-10,12,14,16,28H,5,11,13,15H2,1-4H3. The number of benzene rings is 1. The minimum Gasteiger partial charge on any atom is -0.634 e. The molecule has 0 saturated heterocycles. The van der Waals surface area contributed by atoms with Crippen LogP contribution in [0.15, 0.2) is 47.1 Å². The fraction of sp³-hybridized carbons (Fsp3) is 0.391. The SMILES string of the molecule is CCC(CC[NH+]([O-])Cc1cc2c(Br)ccnc2n1C)c1ccc(C(=O)N(C)C)cc1. The zero-order valence-electron chi connectivity index (χ0n) is 18.0. The van der Waals surface area contributed by atoms with Gasteiger partial charge in [0.05, 0.1) is 12.2 Å². The lowest BCUT2D eigenvalue weighted by atomic mass is 9.92. The first-order valence-electron chi connectivity index (χ1n) is 10.2. The predicted molar refractivity (Wildman–Crippen MR) is 123 cm³/mol. The molecule has 30 heavy (non-hydrogen) atoms. The highest BCUT2D eigenvalue weighted by Gasteiger charge is 2.15. The second-order valence-corrected chi connectivity index (χ2v) is 8.76. The molecule has 0 radical (unpaired) electrons. The first-order chi connectivity index (χ1) is 14.3. The fourth-order valence-electron chi connectivity index (χ4n) is 3.80. The fourth-order valence-corrected chi connectivity index (χ4v) is 4.21. The second-order valence-electron chi connectivity index (χ2n) is 7.91. The Bertz CT molecular complexity index is 1010. The predicted octanol–water partition coefficient (Wildman–Crippen LogP) is 3.50. The van der Waals surface area contributed by atoms with Crippen LogP contribution in [0, 0.1) is 5.21 Å². The van der Waals surface area contributed by atoms with Gasteiger partial charge in [-0.2, -0.15) is 0 Å². The van der Waals surface area contributed by atoms with Crippen LogP contribution in [-0.2, 0) is 13.6 Å². The second kappa shape index (κ2) is 9.73. The van der Waals surface area contributed by atoms with Gasteiger partial charge in [-0.15, -0.1) is 0 Å². The molecule has 0 bridgehead atoms. The highest BCUT2D eigenvalue weighted by atomic mass is 79.9. The first kappa shape index (κ1) is 22.5. The Balaban J connectivity index is 1.63. The Kier molecular flexibility index (Phi) is 7.28. The van der Waals surface area contributed by atoms with Gasteiger partial charge in [0.2, 0.25) is 0 Å². The molecule has 7 heteroatoms. The number of aryl methyl sites for hydroxylation is 1. The normalized spacial score (nSPS) is 13.4. The molecule has 0 saturated carbocycles. The number of halogens is 1.